The number of carbonyl (C=O) groups excluding carboxylic acids is 1. The minimum absolute atomic E-state index is 0. The van der Waals surface area contributed by atoms with E-state index >= 15 is 0 Å². The summed E-state index contributed by atoms with van der Waals surface area (Å²) in [5, 5.41) is 0. The zero-order valence-electron chi connectivity index (χ0n) is 18.9. The summed E-state index contributed by atoms with van der Waals surface area (Å²) in [6, 6.07) is -0.741. The van der Waals surface area contributed by atoms with E-state index in [1.807, 2.05) is 20.8 Å². The molecule has 9 nitrogen and oxygen atoms in total. The SMILES string of the molecule is COC(=O)C(N)CCCN=C(N)NS(=O)(=O)c1c(C)c(C)c2c(c1C)CC(C)(C)O2.Cl. The number of hydrogen-bond acceptors (Lipinski definition) is 7. The minimum atomic E-state index is -3.93. The molecule has 0 radical (unpaired) electrons. The van der Waals surface area contributed by atoms with Crippen LogP contribution in [0.1, 0.15) is 48.9 Å². The molecule has 0 aliphatic carbocycles. The highest BCUT2D eigenvalue weighted by molar-refractivity contribution is 7.90. The number of hydrogen-bond donors (Lipinski definition) is 3. The summed E-state index contributed by atoms with van der Waals surface area (Å²) >= 11 is 0. The molecule has 1 aliphatic heterocycles. The summed E-state index contributed by atoms with van der Waals surface area (Å²) in [5.74, 6) is 0.0467. The van der Waals surface area contributed by atoms with E-state index in [0.29, 0.717) is 30.4 Å². The lowest BCUT2D eigenvalue weighted by Crippen LogP contribution is -2.38. The number of guanidine groups is 1. The molecule has 0 saturated carbocycles. The van der Waals surface area contributed by atoms with Gasteiger partial charge < -0.3 is 20.9 Å². The number of methoxy groups -OCH3 is 1. The first-order chi connectivity index (χ1) is 13.8. The third-order valence-electron chi connectivity index (χ3n) is 5.26. The van der Waals surface area contributed by atoms with E-state index in [-0.39, 0.29) is 35.4 Å². The summed E-state index contributed by atoms with van der Waals surface area (Å²) in [4.78, 5) is 15.5. The molecule has 0 fully saturated rings. The summed E-state index contributed by atoms with van der Waals surface area (Å²) in [7, 11) is -2.66. The van der Waals surface area contributed by atoms with Crippen molar-refractivity contribution in [3.8, 4) is 5.75 Å². The van der Waals surface area contributed by atoms with Crippen LogP contribution in [0.4, 0.5) is 0 Å². The molecule has 0 aromatic heterocycles. The van der Waals surface area contributed by atoms with Crippen LogP contribution in [0.2, 0.25) is 0 Å². The van der Waals surface area contributed by atoms with Crippen molar-refractivity contribution in [1.82, 2.24) is 4.72 Å². The zero-order valence-corrected chi connectivity index (χ0v) is 20.5. The number of fused-ring (bicyclic) bond motifs is 1. The highest BCUT2D eigenvalue weighted by Crippen LogP contribution is 2.43. The normalized spacial score (nSPS) is 16.0. The van der Waals surface area contributed by atoms with Crippen LogP contribution in [0.15, 0.2) is 9.89 Å². The van der Waals surface area contributed by atoms with Gasteiger partial charge in [-0.3, -0.25) is 9.79 Å². The van der Waals surface area contributed by atoms with Crippen molar-refractivity contribution in [2.24, 2.45) is 16.5 Å². The average molecular weight is 477 g/mol. The van der Waals surface area contributed by atoms with E-state index in [1.165, 1.54) is 7.11 Å². The fraction of sp³-hybridized carbons (Fsp3) is 0.600. The second-order valence-corrected chi connectivity index (χ2v) is 9.81. The van der Waals surface area contributed by atoms with E-state index in [9.17, 15) is 13.2 Å². The number of sulfonamides is 1. The molecular weight excluding hydrogens is 444 g/mol. The molecule has 0 bridgehead atoms. The number of carbonyl (C=O) groups is 1. The molecule has 1 aromatic carbocycles. The number of benzene rings is 1. The predicted octanol–water partition coefficient (Wildman–Crippen LogP) is 1.62. The van der Waals surface area contributed by atoms with Crippen LogP contribution in [0.3, 0.4) is 0 Å². The quantitative estimate of drug-likeness (QED) is 0.234. The van der Waals surface area contributed by atoms with Crippen LogP contribution in [-0.4, -0.2) is 45.6 Å². The highest BCUT2D eigenvalue weighted by Gasteiger charge is 2.36. The number of nitrogens with zero attached hydrogens (tertiary/aromatic N) is 1. The average Bonchev–Trinajstić information content (AvgIpc) is 2.98. The predicted molar refractivity (Wildman–Crippen MR) is 122 cm³/mol. The van der Waals surface area contributed by atoms with Gasteiger partial charge in [0.05, 0.1) is 12.0 Å². The molecule has 1 aliphatic rings. The zero-order chi connectivity index (χ0) is 22.9. The molecule has 176 valence electrons. The summed E-state index contributed by atoms with van der Waals surface area (Å²) in [6.45, 7) is 9.58. The Morgan fingerprint density at radius 3 is 2.45 bits per heavy atom. The molecule has 1 heterocycles. The van der Waals surface area contributed by atoms with Crippen molar-refractivity contribution < 1.29 is 22.7 Å². The van der Waals surface area contributed by atoms with E-state index in [4.69, 9.17) is 16.2 Å². The monoisotopic (exact) mass is 476 g/mol. The lowest BCUT2D eigenvalue weighted by atomic mass is 9.94. The molecule has 5 N–H and O–H groups in total. The van der Waals surface area contributed by atoms with Crippen LogP contribution in [-0.2, 0) is 26.0 Å². The van der Waals surface area contributed by atoms with Crippen molar-refractivity contribution in [1.29, 1.82) is 0 Å². The molecule has 2 rings (SSSR count). The van der Waals surface area contributed by atoms with Gasteiger partial charge in [-0.1, -0.05) is 0 Å². The Morgan fingerprint density at radius 2 is 1.87 bits per heavy atom. The molecule has 1 atom stereocenters. The lowest BCUT2D eigenvalue weighted by molar-refractivity contribution is -0.142. The van der Waals surface area contributed by atoms with Crippen molar-refractivity contribution in [2.45, 2.75) is 70.4 Å². The number of rotatable bonds is 7. The van der Waals surface area contributed by atoms with E-state index in [0.717, 1.165) is 16.9 Å². The Kier molecular flexibility index (Phi) is 8.75. The molecular formula is C20H33ClN4O5S. The summed E-state index contributed by atoms with van der Waals surface area (Å²) < 4.78 is 39.1. The van der Waals surface area contributed by atoms with Crippen molar-refractivity contribution in [2.75, 3.05) is 13.7 Å². The van der Waals surface area contributed by atoms with Crippen LogP contribution < -0.4 is 20.9 Å². The number of ether oxygens (including phenoxy) is 2. The first-order valence-corrected chi connectivity index (χ1v) is 11.3. The minimum Gasteiger partial charge on any atom is -0.487 e. The maximum atomic E-state index is 13.1. The fourth-order valence-electron chi connectivity index (χ4n) is 3.65. The number of halogens is 1. The van der Waals surface area contributed by atoms with Crippen LogP contribution in [0.25, 0.3) is 0 Å². The first-order valence-electron chi connectivity index (χ1n) is 9.78. The van der Waals surface area contributed by atoms with Gasteiger partial charge in [-0.05, 0) is 64.2 Å². The summed E-state index contributed by atoms with van der Waals surface area (Å²) in [5.41, 5.74) is 14.1. The number of nitrogens with one attached hydrogen (secondary N) is 1. The van der Waals surface area contributed by atoms with Crippen LogP contribution >= 0.6 is 12.4 Å². The van der Waals surface area contributed by atoms with E-state index in [1.54, 1.807) is 13.8 Å². The molecule has 0 amide bonds. The third-order valence-corrected chi connectivity index (χ3v) is 6.89. The third kappa shape index (κ3) is 6.02. The van der Waals surface area contributed by atoms with Gasteiger partial charge in [0.25, 0.3) is 10.0 Å². The topological polar surface area (TPSA) is 146 Å². The largest absolute Gasteiger partial charge is 0.487 e. The van der Waals surface area contributed by atoms with Crippen molar-refractivity contribution in [3.05, 3.63) is 22.3 Å². The fourth-order valence-corrected chi connectivity index (χ4v) is 5.17. The number of aliphatic imine (C=N–C) groups is 1. The second-order valence-electron chi connectivity index (χ2n) is 8.19. The van der Waals surface area contributed by atoms with Crippen LogP contribution in [0, 0.1) is 20.8 Å². The Bertz CT molecular complexity index is 977. The van der Waals surface area contributed by atoms with Gasteiger partial charge in [0, 0.05) is 18.5 Å². The van der Waals surface area contributed by atoms with Gasteiger partial charge in [0.15, 0.2) is 0 Å². The Balaban J connectivity index is 0.00000480. The molecule has 0 spiro atoms. The van der Waals surface area contributed by atoms with Gasteiger partial charge in [-0.25, -0.2) is 13.1 Å². The van der Waals surface area contributed by atoms with E-state index < -0.39 is 22.0 Å². The molecule has 0 saturated heterocycles. The van der Waals surface area contributed by atoms with Gasteiger partial charge in [0.1, 0.15) is 17.4 Å². The van der Waals surface area contributed by atoms with Gasteiger partial charge in [0.2, 0.25) is 5.96 Å². The smallest absolute Gasteiger partial charge is 0.322 e. The summed E-state index contributed by atoms with van der Waals surface area (Å²) in [6.07, 6.45) is 1.44. The number of nitrogens with two attached hydrogens (primary N) is 2. The first kappa shape index (κ1) is 27.0. The molecule has 1 unspecified atom stereocenters. The van der Waals surface area contributed by atoms with Crippen molar-refractivity contribution in [3.63, 3.8) is 0 Å². The number of esters is 1. The highest BCUT2D eigenvalue weighted by atomic mass is 35.5. The maximum absolute atomic E-state index is 13.1. The van der Waals surface area contributed by atoms with E-state index in [2.05, 4.69) is 14.5 Å². The van der Waals surface area contributed by atoms with Crippen LogP contribution in [0.5, 0.6) is 5.75 Å². The Morgan fingerprint density at radius 1 is 1.26 bits per heavy atom. The lowest BCUT2D eigenvalue weighted by Gasteiger charge is -2.19. The molecule has 11 heteroatoms. The maximum Gasteiger partial charge on any atom is 0.322 e. The van der Waals surface area contributed by atoms with Gasteiger partial charge in [-0.2, -0.15) is 0 Å². The van der Waals surface area contributed by atoms with Crippen molar-refractivity contribution >= 4 is 34.4 Å². The second kappa shape index (κ2) is 10.1. The van der Waals surface area contributed by atoms with Gasteiger partial charge in [-0.15, -0.1) is 12.4 Å². The Hall–Kier alpha value is -2.04. The van der Waals surface area contributed by atoms with Gasteiger partial charge >= 0.3 is 5.97 Å². The molecule has 1 aromatic rings. The Labute approximate surface area is 190 Å². The standard InChI is InChI=1S/C20H32N4O5S.ClH/c1-11-12(2)17(13(3)14-10-20(4,5)29-16(11)14)30(26,27)24-19(22)23-9-7-8-15(21)18(25)28-6;/h15H,7-10,21H2,1-6H3,(H3,22,23,24);1H. The molecule has 31 heavy (non-hydrogen) atoms.